The summed E-state index contributed by atoms with van der Waals surface area (Å²) in [5.41, 5.74) is 4.21. The zero-order valence-electron chi connectivity index (χ0n) is 15.8. The molecule has 0 bridgehead atoms. The standard InChI is InChI=1S/C19H17Cl2N5O2S/c1-11(27)18(24-22-16-9-6-13(20)10-15(16)21)29-19-25-23-17(26(19)2)12-4-7-14(28-3)8-5-12/h4-10,22H,1-3H3. The molecule has 2 aromatic carbocycles. The summed E-state index contributed by atoms with van der Waals surface area (Å²) in [7, 11) is 3.43. The Bertz CT molecular complexity index is 1070. The van der Waals surface area contributed by atoms with Crippen LogP contribution >= 0.6 is 35.0 Å². The normalized spacial score (nSPS) is 11.4. The van der Waals surface area contributed by atoms with Crippen molar-refractivity contribution < 1.29 is 9.53 Å². The Balaban J connectivity index is 1.82. The molecule has 0 spiro atoms. The third-order valence-electron chi connectivity index (χ3n) is 3.88. The summed E-state index contributed by atoms with van der Waals surface area (Å²) in [5.74, 6) is 1.19. The van der Waals surface area contributed by atoms with Crippen molar-refractivity contribution in [1.82, 2.24) is 14.8 Å². The monoisotopic (exact) mass is 449 g/mol. The van der Waals surface area contributed by atoms with Gasteiger partial charge in [-0.3, -0.25) is 10.2 Å². The van der Waals surface area contributed by atoms with Crippen LogP contribution in [0.25, 0.3) is 11.4 Å². The molecule has 1 aromatic heterocycles. The van der Waals surface area contributed by atoms with Gasteiger partial charge in [0.25, 0.3) is 0 Å². The van der Waals surface area contributed by atoms with E-state index >= 15 is 0 Å². The van der Waals surface area contributed by atoms with Gasteiger partial charge >= 0.3 is 0 Å². The molecule has 1 N–H and O–H groups in total. The average molecular weight is 450 g/mol. The molecule has 0 amide bonds. The fourth-order valence-corrected chi connectivity index (χ4v) is 3.51. The van der Waals surface area contributed by atoms with Crippen LogP contribution in [0.2, 0.25) is 10.0 Å². The van der Waals surface area contributed by atoms with Crippen LogP contribution in [0.3, 0.4) is 0 Å². The number of nitrogens with one attached hydrogen (secondary N) is 1. The number of aromatic nitrogens is 3. The van der Waals surface area contributed by atoms with Gasteiger partial charge in [-0.25, -0.2) is 0 Å². The Morgan fingerprint density at radius 2 is 1.90 bits per heavy atom. The number of nitrogens with zero attached hydrogens (tertiary/aromatic N) is 4. The van der Waals surface area contributed by atoms with E-state index in [9.17, 15) is 4.79 Å². The van der Waals surface area contributed by atoms with E-state index in [2.05, 4.69) is 20.7 Å². The lowest BCUT2D eigenvalue weighted by atomic mass is 10.2. The molecule has 7 nitrogen and oxygen atoms in total. The van der Waals surface area contributed by atoms with E-state index in [1.54, 1.807) is 29.9 Å². The molecule has 3 rings (SSSR count). The molecular formula is C19H17Cl2N5O2S. The number of hydrogen-bond acceptors (Lipinski definition) is 7. The Labute approximate surface area is 182 Å². The number of thioether (sulfide) groups is 1. The van der Waals surface area contributed by atoms with Gasteiger partial charge in [0, 0.05) is 24.6 Å². The third kappa shape index (κ3) is 5.09. The first-order chi connectivity index (χ1) is 13.9. The molecule has 3 aromatic rings. The van der Waals surface area contributed by atoms with Crippen LogP contribution < -0.4 is 10.2 Å². The topological polar surface area (TPSA) is 81.4 Å². The molecule has 10 heteroatoms. The molecule has 0 fully saturated rings. The van der Waals surface area contributed by atoms with Crippen molar-refractivity contribution in [1.29, 1.82) is 0 Å². The molecule has 29 heavy (non-hydrogen) atoms. The second-order valence-electron chi connectivity index (χ2n) is 5.90. The highest BCUT2D eigenvalue weighted by Gasteiger charge is 2.17. The van der Waals surface area contributed by atoms with Gasteiger partial charge in [0.15, 0.2) is 21.8 Å². The van der Waals surface area contributed by atoms with Crippen molar-refractivity contribution in [2.24, 2.45) is 12.1 Å². The van der Waals surface area contributed by atoms with Crippen LogP contribution in [-0.4, -0.2) is 32.7 Å². The lowest BCUT2D eigenvalue weighted by Crippen LogP contribution is -2.09. The molecule has 1 heterocycles. The maximum absolute atomic E-state index is 12.1. The molecule has 0 saturated heterocycles. The number of Topliss-reactive ketones (excluding diaryl/α,β-unsaturated/α-hetero) is 1. The molecule has 0 atom stereocenters. The number of anilines is 1. The van der Waals surface area contributed by atoms with Crippen LogP contribution in [0.1, 0.15) is 6.92 Å². The van der Waals surface area contributed by atoms with Crippen LogP contribution in [-0.2, 0) is 11.8 Å². The summed E-state index contributed by atoms with van der Waals surface area (Å²) in [6.07, 6.45) is 0. The summed E-state index contributed by atoms with van der Waals surface area (Å²) < 4.78 is 6.97. The number of hydrogen-bond donors (Lipinski definition) is 1. The van der Waals surface area contributed by atoms with Gasteiger partial charge in [-0.15, -0.1) is 10.2 Å². The van der Waals surface area contributed by atoms with E-state index < -0.39 is 0 Å². The van der Waals surface area contributed by atoms with E-state index in [4.69, 9.17) is 27.9 Å². The molecule has 0 aliphatic heterocycles. The molecule has 0 aliphatic rings. The second-order valence-corrected chi connectivity index (χ2v) is 7.70. The summed E-state index contributed by atoms with van der Waals surface area (Å²) >= 11 is 13.1. The van der Waals surface area contributed by atoms with E-state index in [0.29, 0.717) is 26.7 Å². The summed E-state index contributed by atoms with van der Waals surface area (Å²) in [4.78, 5) is 12.1. The number of ether oxygens (including phenoxy) is 1. The van der Waals surface area contributed by atoms with Gasteiger partial charge in [0.05, 0.1) is 17.8 Å². The van der Waals surface area contributed by atoms with Crippen LogP contribution in [0.5, 0.6) is 5.75 Å². The Morgan fingerprint density at radius 1 is 1.17 bits per heavy atom. The minimum Gasteiger partial charge on any atom is -0.497 e. The van der Waals surface area contributed by atoms with Crippen LogP contribution in [0, 0.1) is 0 Å². The SMILES string of the molecule is COc1ccc(-c2nnc(SC(=NNc3ccc(Cl)cc3Cl)C(C)=O)n2C)cc1. The second kappa shape index (κ2) is 9.30. The van der Waals surface area contributed by atoms with E-state index in [0.717, 1.165) is 23.1 Å². The van der Waals surface area contributed by atoms with Gasteiger partial charge in [-0.1, -0.05) is 23.2 Å². The smallest absolute Gasteiger partial charge is 0.197 e. The minimum atomic E-state index is -0.221. The number of ketones is 1. The zero-order valence-corrected chi connectivity index (χ0v) is 18.1. The summed E-state index contributed by atoms with van der Waals surface area (Å²) in [6, 6.07) is 12.4. The largest absolute Gasteiger partial charge is 0.497 e. The Morgan fingerprint density at radius 3 is 2.52 bits per heavy atom. The summed E-state index contributed by atoms with van der Waals surface area (Å²) in [5, 5.41) is 14.2. The van der Waals surface area contributed by atoms with Crippen molar-refractivity contribution in [2.45, 2.75) is 12.1 Å². The lowest BCUT2D eigenvalue weighted by molar-refractivity contribution is -0.110. The number of halogens is 2. The van der Waals surface area contributed by atoms with Crippen molar-refractivity contribution in [3.63, 3.8) is 0 Å². The quantitative estimate of drug-likeness (QED) is 0.249. The number of rotatable bonds is 6. The van der Waals surface area contributed by atoms with Gasteiger partial charge in [-0.05, 0) is 54.2 Å². The highest BCUT2D eigenvalue weighted by Crippen LogP contribution is 2.27. The number of hydrazone groups is 1. The zero-order chi connectivity index (χ0) is 21.0. The van der Waals surface area contributed by atoms with Crippen LogP contribution in [0.4, 0.5) is 5.69 Å². The molecular weight excluding hydrogens is 433 g/mol. The van der Waals surface area contributed by atoms with Crippen molar-refractivity contribution >= 4 is 51.5 Å². The number of methoxy groups -OCH3 is 1. The maximum atomic E-state index is 12.1. The Hall–Kier alpha value is -2.55. The molecule has 150 valence electrons. The number of carbonyl (C=O) groups excluding carboxylic acids is 1. The highest BCUT2D eigenvalue weighted by molar-refractivity contribution is 8.15. The first kappa shape index (κ1) is 21.2. The van der Waals surface area contributed by atoms with Crippen molar-refractivity contribution in [2.75, 3.05) is 12.5 Å². The fraction of sp³-hybridized carbons (Fsp3) is 0.158. The fourth-order valence-electron chi connectivity index (χ4n) is 2.35. The van der Waals surface area contributed by atoms with Gasteiger partial charge in [-0.2, -0.15) is 5.10 Å². The predicted molar refractivity (Wildman–Crippen MR) is 117 cm³/mol. The highest BCUT2D eigenvalue weighted by atomic mass is 35.5. The number of carbonyl (C=O) groups is 1. The van der Waals surface area contributed by atoms with E-state index in [-0.39, 0.29) is 10.8 Å². The maximum Gasteiger partial charge on any atom is 0.197 e. The summed E-state index contributed by atoms with van der Waals surface area (Å²) in [6.45, 7) is 1.43. The lowest BCUT2D eigenvalue weighted by Gasteiger charge is -2.07. The molecule has 0 saturated carbocycles. The van der Waals surface area contributed by atoms with E-state index in [1.807, 2.05) is 31.3 Å². The average Bonchev–Trinajstić information content (AvgIpc) is 3.06. The van der Waals surface area contributed by atoms with Gasteiger partial charge < -0.3 is 9.30 Å². The van der Waals surface area contributed by atoms with E-state index in [1.165, 1.54) is 6.92 Å². The predicted octanol–water partition coefficient (Wildman–Crippen LogP) is 4.90. The number of benzene rings is 2. The Kier molecular flexibility index (Phi) is 6.79. The molecule has 0 aliphatic carbocycles. The molecule has 0 radical (unpaired) electrons. The van der Waals surface area contributed by atoms with Crippen molar-refractivity contribution in [3.8, 4) is 17.1 Å². The third-order valence-corrected chi connectivity index (χ3v) is 5.54. The van der Waals surface area contributed by atoms with Crippen LogP contribution in [0.15, 0.2) is 52.7 Å². The minimum absolute atomic E-state index is 0.216. The first-order valence-electron chi connectivity index (χ1n) is 8.40. The van der Waals surface area contributed by atoms with Crippen molar-refractivity contribution in [3.05, 3.63) is 52.5 Å². The molecule has 0 unspecified atom stereocenters. The van der Waals surface area contributed by atoms with Gasteiger partial charge in [0.2, 0.25) is 0 Å². The van der Waals surface area contributed by atoms with Gasteiger partial charge in [0.1, 0.15) is 5.75 Å². The first-order valence-corrected chi connectivity index (χ1v) is 9.97.